The highest BCUT2D eigenvalue weighted by molar-refractivity contribution is 5.94. The number of amides is 1. The maximum atomic E-state index is 13.3. The summed E-state index contributed by atoms with van der Waals surface area (Å²) in [5.74, 6) is -2.09. The quantitative estimate of drug-likeness (QED) is 0.683. The molecule has 0 unspecified atom stereocenters. The summed E-state index contributed by atoms with van der Waals surface area (Å²) in [6.07, 6.45) is -0.870. The third kappa shape index (κ3) is 4.52. The van der Waals surface area contributed by atoms with Crippen LogP contribution >= 0.6 is 0 Å². The minimum Gasteiger partial charge on any atom is -0.352 e. The van der Waals surface area contributed by atoms with Crippen molar-refractivity contribution in [2.24, 2.45) is 0 Å². The predicted molar refractivity (Wildman–Crippen MR) is 91.0 cm³/mol. The summed E-state index contributed by atoms with van der Waals surface area (Å²) in [4.78, 5) is 12.0. The van der Waals surface area contributed by atoms with Gasteiger partial charge in [-0.3, -0.25) is 4.79 Å². The molecular formula is C19H15F4N3O. The summed E-state index contributed by atoms with van der Waals surface area (Å²) < 4.78 is 53.2. The predicted octanol–water partition coefficient (Wildman–Crippen LogP) is 4.00. The van der Waals surface area contributed by atoms with Gasteiger partial charge in [0.15, 0.2) is 0 Å². The SMILES string of the molecule is O=C(NCCc1ccc(-n2cccn2)cc1)c1ccc(F)c(C(F)(F)F)c1. The van der Waals surface area contributed by atoms with Crippen molar-refractivity contribution < 1.29 is 22.4 Å². The number of alkyl halides is 3. The Bertz CT molecular complexity index is 919. The van der Waals surface area contributed by atoms with Crippen molar-refractivity contribution in [3.63, 3.8) is 0 Å². The largest absolute Gasteiger partial charge is 0.419 e. The minimum absolute atomic E-state index is 0.235. The van der Waals surface area contributed by atoms with Gasteiger partial charge in [-0.05, 0) is 48.4 Å². The zero-order chi connectivity index (χ0) is 19.4. The van der Waals surface area contributed by atoms with Gasteiger partial charge in [0.2, 0.25) is 0 Å². The molecule has 0 saturated carbocycles. The lowest BCUT2D eigenvalue weighted by Gasteiger charge is -2.10. The van der Waals surface area contributed by atoms with Crippen LogP contribution in [0.4, 0.5) is 17.6 Å². The first-order chi connectivity index (χ1) is 12.8. The maximum Gasteiger partial charge on any atom is 0.419 e. The van der Waals surface area contributed by atoms with Crippen molar-refractivity contribution in [3.05, 3.63) is 83.4 Å². The summed E-state index contributed by atoms with van der Waals surface area (Å²) in [7, 11) is 0. The van der Waals surface area contributed by atoms with Crippen LogP contribution in [-0.2, 0) is 12.6 Å². The molecule has 1 amide bonds. The first-order valence-electron chi connectivity index (χ1n) is 8.08. The van der Waals surface area contributed by atoms with E-state index >= 15 is 0 Å². The van der Waals surface area contributed by atoms with Gasteiger partial charge >= 0.3 is 6.18 Å². The van der Waals surface area contributed by atoms with E-state index in [4.69, 9.17) is 0 Å². The number of hydrogen-bond acceptors (Lipinski definition) is 2. The number of carbonyl (C=O) groups is 1. The normalized spacial score (nSPS) is 11.4. The Morgan fingerprint density at radius 3 is 2.48 bits per heavy atom. The molecule has 2 aromatic carbocycles. The van der Waals surface area contributed by atoms with Gasteiger partial charge in [0, 0.05) is 24.5 Å². The van der Waals surface area contributed by atoms with Gasteiger partial charge in [0.05, 0.1) is 11.3 Å². The lowest BCUT2D eigenvalue weighted by Crippen LogP contribution is -2.26. The van der Waals surface area contributed by atoms with Gasteiger partial charge in [-0.15, -0.1) is 0 Å². The molecule has 0 aliphatic heterocycles. The molecule has 0 aliphatic carbocycles. The monoisotopic (exact) mass is 377 g/mol. The Hall–Kier alpha value is -3.16. The van der Waals surface area contributed by atoms with Crippen LogP contribution in [0.25, 0.3) is 5.69 Å². The van der Waals surface area contributed by atoms with Crippen LogP contribution in [0.1, 0.15) is 21.5 Å². The molecule has 0 radical (unpaired) electrons. The van der Waals surface area contributed by atoms with Crippen molar-refractivity contribution in [2.75, 3.05) is 6.54 Å². The Balaban J connectivity index is 1.58. The Morgan fingerprint density at radius 2 is 1.85 bits per heavy atom. The van der Waals surface area contributed by atoms with Crippen molar-refractivity contribution in [2.45, 2.75) is 12.6 Å². The van der Waals surface area contributed by atoms with Crippen LogP contribution in [0, 0.1) is 5.82 Å². The van der Waals surface area contributed by atoms with E-state index in [1.807, 2.05) is 36.5 Å². The molecule has 0 bridgehead atoms. The van der Waals surface area contributed by atoms with E-state index in [2.05, 4.69) is 10.4 Å². The molecule has 3 aromatic rings. The number of rotatable bonds is 5. The third-order valence-corrected chi connectivity index (χ3v) is 3.94. The van der Waals surface area contributed by atoms with Crippen LogP contribution in [0.2, 0.25) is 0 Å². The Morgan fingerprint density at radius 1 is 1.11 bits per heavy atom. The average molecular weight is 377 g/mol. The summed E-state index contributed by atoms with van der Waals surface area (Å²) >= 11 is 0. The number of aromatic nitrogens is 2. The molecule has 0 fully saturated rings. The molecule has 8 heteroatoms. The maximum absolute atomic E-state index is 13.3. The van der Waals surface area contributed by atoms with Gasteiger partial charge in [-0.1, -0.05) is 12.1 Å². The van der Waals surface area contributed by atoms with Crippen molar-refractivity contribution in [1.82, 2.24) is 15.1 Å². The number of carbonyl (C=O) groups excluding carboxylic acids is 1. The molecule has 0 aliphatic rings. The smallest absolute Gasteiger partial charge is 0.352 e. The molecule has 27 heavy (non-hydrogen) atoms. The van der Waals surface area contributed by atoms with Crippen LogP contribution in [0.15, 0.2) is 60.9 Å². The number of halogens is 4. The summed E-state index contributed by atoms with van der Waals surface area (Å²) in [6.45, 7) is 0.235. The van der Waals surface area contributed by atoms with E-state index in [1.54, 1.807) is 10.9 Å². The Kier molecular flexibility index (Phi) is 5.25. The van der Waals surface area contributed by atoms with Gasteiger partial charge in [0.1, 0.15) is 5.82 Å². The van der Waals surface area contributed by atoms with Crippen LogP contribution in [0.5, 0.6) is 0 Å². The highest BCUT2D eigenvalue weighted by Crippen LogP contribution is 2.31. The summed E-state index contributed by atoms with van der Waals surface area (Å²) in [5, 5.41) is 6.66. The van der Waals surface area contributed by atoms with Crippen LogP contribution in [0.3, 0.4) is 0 Å². The van der Waals surface area contributed by atoms with Gasteiger partial charge in [0.25, 0.3) is 5.91 Å². The van der Waals surface area contributed by atoms with Crippen LogP contribution in [-0.4, -0.2) is 22.2 Å². The van der Waals surface area contributed by atoms with Crippen molar-refractivity contribution in [1.29, 1.82) is 0 Å². The second-order valence-corrected chi connectivity index (χ2v) is 5.82. The van der Waals surface area contributed by atoms with Crippen molar-refractivity contribution in [3.8, 4) is 5.69 Å². The van der Waals surface area contributed by atoms with E-state index in [1.165, 1.54) is 0 Å². The lowest BCUT2D eigenvalue weighted by molar-refractivity contribution is -0.140. The fourth-order valence-corrected chi connectivity index (χ4v) is 2.54. The van der Waals surface area contributed by atoms with Gasteiger partial charge in [-0.25, -0.2) is 9.07 Å². The highest BCUT2D eigenvalue weighted by Gasteiger charge is 2.34. The summed E-state index contributed by atoms with van der Waals surface area (Å²) in [6, 6.07) is 11.5. The zero-order valence-corrected chi connectivity index (χ0v) is 14.0. The van der Waals surface area contributed by atoms with E-state index in [0.717, 1.165) is 17.3 Å². The fraction of sp³-hybridized carbons (Fsp3) is 0.158. The molecular weight excluding hydrogens is 362 g/mol. The van der Waals surface area contributed by atoms with Crippen molar-refractivity contribution >= 4 is 5.91 Å². The molecule has 3 rings (SSSR count). The Labute approximate surface area is 152 Å². The lowest BCUT2D eigenvalue weighted by atomic mass is 10.1. The summed E-state index contributed by atoms with van der Waals surface area (Å²) in [5.41, 5.74) is 0.141. The fourth-order valence-electron chi connectivity index (χ4n) is 2.54. The van der Waals surface area contributed by atoms with E-state index in [0.29, 0.717) is 18.6 Å². The molecule has 1 aromatic heterocycles. The number of benzene rings is 2. The highest BCUT2D eigenvalue weighted by atomic mass is 19.4. The second-order valence-electron chi connectivity index (χ2n) is 5.82. The molecule has 0 spiro atoms. The molecule has 1 N–H and O–H groups in total. The number of nitrogens with zero attached hydrogens (tertiary/aromatic N) is 2. The van der Waals surface area contributed by atoms with E-state index in [9.17, 15) is 22.4 Å². The van der Waals surface area contributed by atoms with E-state index in [-0.39, 0.29) is 12.1 Å². The van der Waals surface area contributed by atoms with Crippen LogP contribution < -0.4 is 5.32 Å². The first kappa shape index (κ1) is 18.6. The molecule has 1 heterocycles. The minimum atomic E-state index is -4.85. The molecule has 140 valence electrons. The van der Waals surface area contributed by atoms with Gasteiger partial charge in [-0.2, -0.15) is 18.3 Å². The molecule has 0 saturated heterocycles. The standard InChI is InChI=1S/C19H15F4N3O/c20-17-7-4-14(12-16(17)19(21,22)23)18(27)24-10-8-13-2-5-15(6-3-13)26-11-1-9-25-26/h1-7,9,11-12H,8,10H2,(H,24,27). The third-order valence-electron chi connectivity index (χ3n) is 3.94. The van der Waals surface area contributed by atoms with E-state index < -0.39 is 23.5 Å². The van der Waals surface area contributed by atoms with Gasteiger partial charge < -0.3 is 5.32 Å². The topological polar surface area (TPSA) is 46.9 Å². The zero-order valence-electron chi connectivity index (χ0n) is 14.0. The number of hydrogen-bond donors (Lipinski definition) is 1. The second kappa shape index (κ2) is 7.61. The first-order valence-corrected chi connectivity index (χ1v) is 8.08. The number of nitrogens with one attached hydrogen (secondary N) is 1. The molecule has 0 atom stereocenters. The average Bonchev–Trinajstić information content (AvgIpc) is 3.16. The molecule has 4 nitrogen and oxygen atoms in total.